The van der Waals surface area contributed by atoms with Crippen LogP contribution in [0.4, 0.5) is 0 Å². The molecule has 2 aromatic rings. The SMILES string of the molecule is CCn1cnnc1CCn1cc([C@H]2CCCNC2)nn1. The Morgan fingerprint density at radius 2 is 2.35 bits per heavy atom. The molecule has 7 heteroatoms. The Morgan fingerprint density at radius 1 is 1.40 bits per heavy atom. The highest BCUT2D eigenvalue weighted by atomic mass is 15.4. The van der Waals surface area contributed by atoms with E-state index in [0.717, 1.165) is 44.1 Å². The number of piperidine rings is 1. The number of nitrogens with zero attached hydrogens (tertiary/aromatic N) is 6. The second-order valence-electron chi connectivity index (χ2n) is 5.23. The van der Waals surface area contributed by atoms with Crippen LogP contribution in [0.3, 0.4) is 0 Å². The van der Waals surface area contributed by atoms with Gasteiger partial charge in [0.05, 0.1) is 5.69 Å². The third-order valence-electron chi connectivity index (χ3n) is 3.87. The fraction of sp³-hybridized carbons (Fsp3) is 0.692. The molecule has 0 spiro atoms. The molecule has 1 aliphatic heterocycles. The summed E-state index contributed by atoms with van der Waals surface area (Å²) in [6.07, 6.45) is 7.10. The Kier molecular flexibility index (Phi) is 4.05. The maximum Gasteiger partial charge on any atom is 0.134 e. The summed E-state index contributed by atoms with van der Waals surface area (Å²) in [6.45, 7) is 5.93. The van der Waals surface area contributed by atoms with Crippen molar-refractivity contribution >= 4 is 0 Å². The molecule has 1 fully saturated rings. The second kappa shape index (κ2) is 6.13. The van der Waals surface area contributed by atoms with Crippen LogP contribution in [0, 0.1) is 0 Å². The first-order valence-electron chi connectivity index (χ1n) is 7.34. The summed E-state index contributed by atoms with van der Waals surface area (Å²) in [5.41, 5.74) is 1.11. The first-order chi connectivity index (χ1) is 9.86. The largest absolute Gasteiger partial charge is 0.318 e. The van der Waals surface area contributed by atoms with Gasteiger partial charge in [0.15, 0.2) is 0 Å². The summed E-state index contributed by atoms with van der Waals surface area (Å²) in [5, 5.41) is 20.0. The van der Waals surface area contributed by atoms with Crippen molar-refractivity contribution in [3.8, 4) is 0 Å². The van der Waals surface area contributed by atoms with E-state index < -0.39 is 0 Å². The number of nitrogens with one attached hydrogen (secondary N) is 1. The molecule has 0 bridgehead atoms. The van der Waals surface area contributed by atoms with Crippen molar-refractivity contribution in [1.29, 1.82) is 0 Å². The molecule has 0 unspecified atom stereocenters. The standard InChI is InChI=1S/C13H21N7/c1-2-19-10-15-17-13(19)5-7-20-9-12(16-18-20)11-4-3-6-14-8-11/h9-11,14H,2-8H2,1H3/t11-/m0/s1. The van der Waals surface area contributed by atoms with Crippen LogP contribution in [0.5, 0.6) is 0 Å². The van der Waals surface area contributed by atoms with Crippen LogP contribution in [0.2, 0.25) is 0 Å². The summed E-state index contributed by atoms with van der Waals surface area (Å²) in [5.74, 6) is 1.51. The molecule has 0 amide bonds. The summed E-state index contributed by atoms with van der Waals surface area (Å²) in [4.78, 5) is 0. The molecule has 108 valence electrons. The lowest BCUT2D eigenvalue weighted by atomic mass is 9.97. The number of hydrogen-bond donors (Lipinski definition) is 1. The van der Waals surface area contributed by atoms with Crippen molar-refractivity contribution in [3.05, 3.63) is 24.0 Å². The molecule has 0 aromatic carbocycles. The number of aryl methyl sites for hydroxylation is 3. The van der Waals surface area contributed by atoms with E-state index >= 15 is 0 Å². The van der Waals surface area contributed by atoms with E-state index in [1.807, 2.05) is 4.68 Å². The fourth-order valence-electron chi connectivity index (χ4n) is 2.67. The highest BCUT2D eigenvalue weighted by molar-refractivity contribution is 5.04. The molecule has 1 atom stereocenters. The van der Waals surface area contributed by atoms with E-state index in [-0.39, 0.29) is 0 Å². The third kappa shape index (κ3) is 2.87. The van der Waals surface area contributed by atoms with Crippen molar-refractivity contribution in [3.63, 3.8) is 0 Å². The normalized spacial score (nSPS) is 19.4. The predicted molar refractivity (Wildman–Crippen MR) is 74.3 cm³/mol. The van der Waals surface area contributed by atoms with Gasteiger partial charge >= 0.3 is 0 Å². The zero-order valence-electron chi connectivity index (χ0n) is 11.9. The van der Waals surface area contributed by atoms with Gasteiger partial charge in [0, 0.05) is 38.2 Å². The average Bonchev–Trinajstić information content (AvgIpc) is 3.15. The second-order valence-corrected chi connectivity index (χ2v) is 5.23. The third-order valence-corrected chi connectivity index (χ3v) is 3.87. The Balaban J connectivity index is 1.59. The van der Waals surface area contributed by atoms with Gasteiger partial charge in [-0.3, -0.25) is 4.68 Å². The zero-order chi connectivity index (χ0) is 13.8. The average molecular weight is 275 g/mol. The summed E-state index contributed by atoms with van der Waals surface area (Å²) < 4.78 is 3.97. The minimum atomic E-state index is 0.511. The minimum Gasteiger partial charge on any atom is -0.318 e. The molecule has 0 radical (unpaired) electrons. The van der Waals surface area contributed by atoms with Crippen LogP contribution < -0.4 is 5.32 Å². The maximum atomic E-state index is 4.31. The molecular formula is C13H21N7. The molecule has 1 aliphatic rings. The zero-order valence-corrected chi connectivity index (χ0v) is 11.9. The van der Waals surface area contributed by atoms with Crippen LogP contribution in [-0.2, 0) is 19.5 Å². The molecule has 1 N–H and O–H groups in total. The van der Waals surface area contributed by atoms with E-state index in [4.69, 9.17) is 0 Å². The van der Waals surface area contributed by atoms with Crippen LogP contribution in [0.1, 0.15) is 37.2 Å². The molecule has 20 heavy (non-hydrogen) atoms. The Labute approximate surface area is 118 Å². The number of aromatic nitrogens is 6. The number of rotatable bonds is 5. The van der Waals surface area contributed by atoms with Crippen molar-refractivity contribution < 1.29 is 0 Å². The first-order valence-corrected chi connectivity index (χ1v) is 7.34. The fourth-order valence-corrected chi connectivity index (χ4v) is 2.67. The molecule has 0 aliphatic carbocycles. The van der Waals surface area contributed by atoms with Gasteiger partial charge in [-0.25, -0.2) is 0 Å². The molecule has 0 saturated carbocycles. The monoisotopic (exact) mass is 275 g/mol. The minimum absolute atomic E-state index is 0.511. The topological polar surface area (TPSA) is 73.5 Å². The predicted octanol–water partition coefficient (Wildman–Crippen LogP) is 0.599. The van der Waals surface area contributed by atoms with Gasteiger partial charge in [-0.1, -0.05) is 5.21 Å². The van der Waals surface area contributed by atoms with E-state index in [0.29, 0.717) is 5.92 Å². The lowest BCUT2D eigenvalue weighted by Gasteiger charge is -2.20. The Hall–Kier alpha value is -1.76. The van der Waals surface area contributed by atoms with Crippen LogP contribution >= 0.6 is 0 Å². The van der Waals surface area contributed by atoms with Gasteiger partial charge in [-0.15, -0.1) is 15.3 Å². The first kappa shape index (κ1) is 13.2. The van der Waals surface area contributed by atoms with Gasteiger partial charge < -0.3 is 9.88 Å². The van der Waals surface area contributed by atoms with Gasteiger partial charge in [0.2, 0.25) is 0 Å². The molecule has 1 saturated heterocycles. The highest BCUT2D eigenvalue weighted by Crippen LogP contribution is 2.20. The van der Waals surface area contributed by atoms with Gasteiger partial charge in [0.25, 0.3) is 0 Å². The summed E-state index contributed by atoms with van der Waals surface area (Å²) >= 11 is 0. The van der Waals surface area contributed by atoms with E-state index in [9.17, 15) is 0 Å². The van der Waals surface area contributed by atoms with Crippen molar-refractivity contribution in [2.75, 3.05) is 13.1 Å². The molecule has 3 heterocycles. The van der Waals surface area contributed by atoms with Crippen LogP contribution in [-0.4, -0.2) is 42.8 Å². The quantitative estimate of drug-likeness (QED) is 0.865. The van der Waals surface area contributed by atoms with Gasteiger partial charge in [-0.2, -0.15) is 0 Å². The highest BCUT2D eigenvalue weighted by Gasteiger charge is 2.18. The van der Waals surface area contributed by atoms with Crippen molar-refractivity contribution in [1.82, 2.24) is 35.1 Å². The lowest BCUT2D eigenvalue weighted by Crippen LogP contribution is -2.28. The van der Waals surface area contributed by atoms with Gasteiger partial charge in [-0.05, 0) is 26.3 Å². The van der Waals surface area contributed by atoms with E-state index in [2.05, 4.69) is 43.5 Å². The van der Waals surface area contributed by atoms with E-state index in [1.165, 1.54) is 12.8 Å². The van der Waals surface area contributed by atoms with E-state index in [1.54, 1.807) is 6.33 Å². The molecule has 3 rings (SSSR count). The van der Waals surface area contributed by atoms with Crippen molar-refractivity contribution in [2.24, 2.45) is 0 Å². The molecule has 2 aromatic heterocycles. The summed E-state index contributed by atoms with van der Waals surface area (Å²) in [6, 6.07) is 0. The maximum absolute atomic E-state index is 4.31. The summed E-state index contributed by atoms with van der Waals surface area (Å²) in [7, 11) is 0. The molecular weight excluding hydrogens is 254 g/mol. The van der Waals surface area contributed by atoms with Crippen LogP contribution in [0.25, 0.3) is 0 Å². The Morgan fingerprint density at radius 3 is 3.15 bits per heavy atom. The molecule has 7 nitrogen and oxygen atoms in total. The van der Waals surface area contributed by atoms with Crippen molar-refractivity contribution in [2.45, 2.75) is 45.2 Å². The number of hydrogen-bond acceptors (Lipinski definition) is 5. The lowest BCUT2D eigenvalue weighted by molar-refractivity contribution is 0.454. The van der Waals surface area contributed by atoms with Crippen LogP contribution in [0.15, 0.2) is 12.5 Å². The Bertz CT molecular complexity index is 538. The smallest absolute Gasteiger partial charge is 0.134 e. The van der Waals surface area contributed by atoms with Gasteiger partial charge in [0.1, 0.15) is 12.2 Å².